The summed E-state index contributed by atoms with van der Waals surface area (Å²) in [5.74, 6) is -1.07. The van der Waals surface area contributed by atoms with Crippen molar-refractivity contribution < 1.29 is 19.5 Å². The number of aromatic nitrogens is 1. The van der Waals surface area contributed by atoms with Crippen LogP contribution in [-0.4, -0.2) is 52.9 Å². The minimum Gasteiger partial charge on any atom is -0.481 e. The molecule has 8 nitrogen and oxygen atoms in total. The van der Waals surface area contributed by atoms with E-state index in [1.54, 1.807) is 23.2 Å². The number of pyridine rings is 1. The Morgan fingerprint density at radius 2 is 1.82 bits per heavy atom. The molecule has 1 aliphatic carbocycles. The number of carboxylic acid groups (broad SMARTS) is 1. The van der Waals surface area contributed by atoms with Crippen LogP contribution in [0.1, 0.15) is 61.4 Å². The van der Waals surface area contributed by atoms with Gasteiger partial charge in [-0.3, -0.25) is 19.4 Å². The van der Waals surface area contributed by atoms with Crippen LogP contribution in [0.15, 0.2) is 67.0 Å². The van der Waals surface area contributed by atoms with E-state index in [9.17, 15) is 19.5 Å². The predicted molar refractivity (Wildman–Crippen MR) is 157 cm³/mol. The fourth-order valence-electron chi connectivity index (χ4n) is 4.79. The largest absolute Gasteiger partial charge is 0.481 e. The third-order valence-corrected chi connectivity index (χ3v) is 7.41. The number of nitrogens with zero attached hydrogens (tertiary/aromatic N) is 3. The molecule has 1 aliphatic rings. The Balaban J connectivity index is 1.60. The van der Waals surface area contributed by atoms with E-state index in [1.807, 2.05) is 30.3 Å². The van der Waals surface area contributed by atoms with Crippen LogP contribution < -0.4 is 10.2 Å². The summed E-state index contributed by atoms with van der Waals surface area (Å²) in [4.78, 5) is 45.1. The van der Waals surface area contributed by atoms with Crippen molar-refractivity contribution in [3.8, 4) is 11.1 Å². The topological polar surface area (TPSA) is 103 Å². The zero-order chi connectivity index (χ0) is 28.5. The van der Waals surface area contributed by atoms with Crippen LogP contribution in [0.5, 0.6) is 0 Å². The maximum absolute atomic E-state index is 13.2. The van der Waals surface area contributed by atoms with Crippen molar-refractivity contribution >= 4 is 29.2 Å². The van der Waals surface area contributed by atoms with E-state index in [2.05, 4.69) is 41.3 Å². The van der Waals surface area contributed by atoms with Gasteiger partial charge >= 0.3 is 5.97 Å². The fourth-order valence-corrected chi connectivity index (χ4v) is 4.79. The summed E-state index contributed by atoms with van der Waals surface area (Å²) < 4.78 is 0. The van der Waals surface area contributed by atoms with E-state index in [0.29, 0.717) is 5.56 Å². The van der Waals surface area contributed by atoms with Gasteiger partial charge in [-0.1, -0.05) is 44.0 Å². The number of hydrogen-bond donors (Lipinski definition) is 2. The maximum Gasteiger partial charge on any atom is 0.305 e. The van der Waals surface area contributed by atoms with Gasteiger partial charge in [0.2, 0.25) is 5.91 Å². The van der Waals surface area contributed by atoms with E-state index in [-0.39, 0.29) is 37.2 Å². The minimum absolute atomic E-state index is 0.0743. The highest BCUT2D eigenvalue weighted by atomic mass is 16.4. The van der Waals surface area contributed by atoms with Gasteiger partial charge in [-0.15, -0.1) is 0 Å². The van der Waals surface area contributed by atoms with Crippen LogP contribution in [0, 0.1) is 5.92 Å². The van der Waals surface area contributed by atoms with Crippen LogP contribution in [-0.2, 0) is 16.1 Å². The Kier molecular flexibility index (Phi) is 9.89. The molecule has 0 unspecified atom stereocenters. The second kappa shape index (κ2) is 13.7. The highest BCUT2D eigenvalue weighted by Gasteiger charge is 2.26. The number of carbonyl (C=O) groups excluding carboxylic acids is 2. The summed E-state index contributed by atoms with van der Waals surface area (Å²) in [7, 11) is 2.05. The molecule has 1 aromatic heterocycles. The molecule has 4 rings (SSSR count). The average Bonchev–Trinajstić information content (AvgIpc) is 2.93. The first kappa shape index (κ1) is 28.8. The standard InChI is InChI=1S/C32H38N4O4/c1-3-4-17-35(2)29-14-13-26(20-28(29)34-31(39)24-9-6-10-24)25-11-5-8-23(19-25)22-36(18-15-30(37)38)32(40)27-12-7-16-33-21-27/h5,7-8,11-14,16,19-21,24H,3-4,6,9-10,15,17-18,22H2,1-2H3,(H,34,39)(H,37,38). The van der Waals surface area contributed by atoms with Gasteiger partial charge in [0.15, 0.2) is 0 Å². The third kappa shape index (κ3) is 7.46. The van der Waals surface area contributed by atoms with Crippen molar-refractivity contribution in [3.63, 3.8) is 0 Å². The third-order valence-electron chi connectivity index (χ3n) is 7.41. The molecule has 0 saturated heterocycles. The number of carboxylic acids is 1. The summed E-state index contributed by atoms with van der Waals surface area (Å²) in [5.41, 5.74) is 4.99. The van der Waals surface area contributed by atoms with Crippen molar-refractivity contribution in [1.29, 1.82) is 0 Å². The Labute approximate surface area is 236 Å². The molecule has 1 heterocycles. The molecule has 3 aromatic rings. The molecule has 0 atom stereocenters. The second-order valence-electron chi connectivity index (χ2n) is 10.4. The Morgan fingerprint density at radius 3 is 2.50 bits per heavy atom. The molecule has 0 spiro atoms. The first-order valence-electron chi connectivity index (χ1n) is 14.0. The molecule has 40 heavy (non-hydrogen) atoms. The average molecular weight is 543 g/mol. The molecular formula is C32H38N4O4. The lowest BCUT2D eigenvalue weighted by molar-refractivity contribution is -0.137. The Bertz CT molecular complexity index is 1320. The molecule has 2 aromatic carbocycles. The Hall–Kier alpha value is -4.20. The number of unbranched alkanes of at least 4 members (excludes halogenated alkanes) is 1. The summed E-state index contributed by atoms with van der Waals surface area (Å²) >= 11 is 0. The van der Waals surface area contributed by atoms with E-state index < -0.39 is 5.97 Å². The molecular weight excluding hydrogens is 504 g/mol. The number of hydrogen-bond acceptors (Lipinski definition) is 5. The van der Waals surface area contributed by atoms with E-state index >= 15 is 0 Å². The molecule has 2 N–H and O–H groups in total. The van der Waals surface area contributed by atoms with Gasteiger partial charge in [0.1, 0.15) is 0 Å². The minimum atomic E-state index is -0.960. The van der Waals surface area contributed by atoms with Gasteiger partial charge in [0.05, 0.1) is 23.4 Å². The normalized spacial score (nSPS) is 12.8. The SMILES string of the molecule is CCCCN(C)c1ccc(-c2cccc(CN(CCC(=O)O)C(=O)c3cccnc3)c2)cc1NC(=O)C1CCC1. The number of anilines is 2. The number of carbonyl (C=O) groups is 3. The molecule has 0 aliphatic heterocycles. The molecule has 1 saturated carbocycles. The van der Waals surface area contributed by atoms with Gasteiger partial charge in [-0.25, -0.2) is 0 Å². The fraction of sp³-hybridized carbons (Fsp3) is 0.375. The monoisotopic (exact) mass is 542 g/mol. The maximum atomic E-state index is 13.2. The smallest absolute Gasteiger partial charge is 0.305 e. The van der Waals surface area contributed by atoms with Crippen molar-refractivity contribution in [2.75, 3.05) is 30.4 Å². The number of benzene rings is 2. The molecule has 2 amide bonds. The highest BCUT2D eigenvalue weighted by molar-refractivity contribution is 5.97. The van der Waals surface area contributed by atoms with Gasteiger partial charge in [-0.2, -0.15) is 0 Å². The molecule has 210 valence electrons. The van der Waals surface area contributed by atoms with E-state index in [1.165, 1.54) is 6.20 Å². The van der Waals surface area contributed by atoms with Crippen molar-refractivity contribution in [1.82, 2.24) is 9.88 Å². The van der Waals surface area contributed by atoms with E-state index in [4.69, 9.17) is 0 Å². The number of nitrogens with one attached hydrogen (secondary N) is 1. The lowest BCUT2D eigenvalue weighted by atomic mass is 9.85. The first-order chi connectivity index (χ1) is 19.4. The van der Waals surface area contributed by atoms with Crippen LogP contribution >= 0.6 is 0 Å². The summed E-state index contributed by atoms with van der Waals surface area (Å²) in [6, 6.07) is 17.4. The Morgan fingerprint density at radius 1 is 1.02 bits per heavy atom. The van der Waals surface area contributed by atoms with Crippen molar-refractivity contribution in [2.24, 2.45) is 5.92 Å². The highest BCUT2D eigenvalue weighted by Crippen LogP contribution is 2.34. The van der Waals surface area contributed by atoms with Crippen molar-refractivity contribution in [3.05, 3.63) is 78.1 Å². The number of aliphatic carboxylic acids is 1. The van der Waals surface area contributed by atoms with Crippen LogP contribution in [0.2, 0.25) is 0 Å². The predicted octanol–water partition coefficient (Wildman–Crippen LogP) is 5.84. The summed E-state index contributed by atoms with van der Waals surface area (Å²) in [5, 5.41) is 12.4. The summed E-state index contributed by atoms with van der Waals surface area (Å²) in [6.07, 6.45) is 8.06. The van der Waals surface area contributed by atoms with Crippen LogP contribution in [0.4, 0.5) is 11.4 Å². The van der Waals surface area contributed by atoms with Crippen LogP contribution in [0.25, 0.3) is 11.1 Å². The summed E-state index contributed by atoms with van der Waals surface area (Å²) in [6.45, 7) is 3.41. The quantitative estimate of drug-likeness (QED) is 0.281. The lowest BCUT2D eigenvalue weighted by Crippen LogP contribution is -2.32. The van der Waals surface area contributed by atoms with Gasteiger partial charge in [0.25, 0.3) is 5.91 Å². The second-order valence-corrected chi connectivity index (χ2v) is 10.4. The molecule has 8 heteroatoms. The zero-order valence-electron chi connectivity index (χ0n) is 23.3. The van der Waals surface area contributed by atoms with Gasteiger partial charge in [-0.05, 0) is 66.3 Å². The van der Waals surface area contributed by atoms with Crippen molar-refractivity contribution in [2.45, 2.75) is 52.0 Å². The van der Waals surface area contributed by atoms with Gasteiger partial charge in [0, 0.05) is 45.0 Å². The zero-order valence-corrected chi connectivity index (χ0v) is 23.3. The molecule has 0 bridgehead atoms. The van der Waals surface area contributed by atoms with Gasteiger partial charge < -0.3 is 20.2 Å². The number of amides is 2. The molecule has 0 radical (unpaired) electrons. The lowest BCUT2D eigenvalue weighted by Gasteiger charge is -2.27. The van der Waals surface area contributed by atoms with E-state index in [0.717, 1.165) is 66.7 Å². The number of rotatable bonds is 13. The molecule has 1 fully saturated rings. The first-order valence-corrected chi connectivity index (χ1v) is 14.0. The van der Waals surface area contributed by atoms with Crippen LogP contribution in [0.3, 0.4) is 0 Å².